The molecule has 0 aromatic heterocycles. The lowest BCUT2D eigenvalue weighted by atomic mass is 10.5. The van der Waals surface area contributed by atoms with Crippen molar-refractivity contribution in [1.29, 1.82) is 0 Å². The number of aliphatic hydroxyl groups excluding tert-OH is 1. The molecule has 0 unspecified atom stereocenters. The third kappa shape index (κ3) is 27.3. The highest BCUT2D eigenvalue weighted by molar-refractivity contribution is 5.05. The van der Waals surface area contributed by atoms with Gasteiger partial charge in [0.15, 0.2) is 0 Å². The third-order valence-electron chi connectivity index (χ3n) is 0.512. The molecule has 0 spiro atoms. The molecule has 3 N–H and O–H groups in total. The first-order chi connectivity index (χ1) is 4.83. The zero-order chi connectivity index (χ0) is 8.24. The highest BCUT2D eigenvalue weighted by Gasteiger charge is 1.56. The van der Waals surface area contributed by atoms with Crippen LogP contribution in [0.1, 0.15) is 0 Å². The molecule has 0 aromatic rings. The topological polar surface area (TPSA) is 46.2 Å². The molecule has 0 atom stereocenters. The van der Waals surface area contributed by atoms with Gasteiger partial charge in [0.25, 0.3) is 0 Å². The minimum absolute atomic E-state index is 0.0972. The van der Waals surface area contributed by atoms with Crippen LogP contribution in [0.4, 0.5) is 0 Å². The highest BCUT2D eigenvalue weighted by atomic mass is 16.3. The van der Waals surface area contributed by atoms with Crippen LogP contribution < -0.4 is 5.73 Å². The van der Waals surface area contributed by atoms with Crippen molar-refractivity contribution >= 4 is 0 Å². The maximum Gasteiger partial charge on any atom is 0.0553 e. The van der Waals surface area contributed by atoms with E-state index in [2.05, 4.69) is 13.2 Å². The lowest BCUT2D eigenvalue weighted by molar-refractivity contribution is 0.306. The zero-order valence-corrected chi connectivity index (χ0v) is 6.16. The maximum absolute atomic E-state index is 7.75. The molecular weight excluding hydrogens is 126 g/mol. The van der Waals surface area contributed by atoms with Gasteiger partial charge in [0, 0.05) is 6.54 Å². The normalized spacial score (nSPS) is 8.20. The van der Waals surface area contributed by atoms with Crippen molar-refractivity contribution < 1.29 is 5.11 Å². The molecular formula is C8H15NO. The second-order valence-electron chi connectivity index (χ2n) is 1.37. The van der Waals surface area contributed by atoms with Crippen molar-refractivity contribution in [3.8, 4) is 0 Å². The summed E-state index contributed by atoms with van der Waals surface area (Å²) in [5, 5.41) is 7.75. The van der Waals surface area contributed by atoms with Crippen LogP contribution in [0.5, 0.6) is 0 Å². The number of aliphatic hydroxyl groups is 1. The van der Waals surface area contributed by atoms with Gasteiger partial charge in [-0.15, -0.1) is 0 Å². The summed E-state index contributed by atoms with van der Waals surface area (Å²) in [4.78, 5) is 0. The molecule has 0 saturated heterocycles. The van der Waals surface area contributed by atoms with Crippen LogP contribution in [0.2, 0.25) is 0 Å². The van der Waals surface area contributed by atoms with E-state index in [-0.39, 0.29) is 6.61 Å². The number of hydrogen-bond donors (Lipinski definition) is 2. The standard InChI is InChI=1S/C6H8.C2H7NO/c1-3-5-6-4-2;3-1-2-4/h3-6H,1-2H2;4H,1-3H2/b6-5-;. The molecule has 0 bridgehead atoms. The molecule has 2 nitrogen and oxygen atoms in total. The smallest absolute Gasteiger partial charge is 0.0553 e. The minimum atomic E-state index is 0.0972. The summed E-state index contributed by atoms with van der Waals surface area (Å²) >= 11 is 0. The van der Waals surface area contributed by atoms with Crippen molar-refractivity contribution in [2.75, 3.05) is 13.2 Å². The number of nitrogens with two attached hydrogens (primary N) is 1. The quantitative estimate of drug-likeness (QED) is 0.572. The van der Waals surface area contributed by atoms with E-state index >= 15 is 0 Å². The Balaban J connectivity index is 0. The molecule has 0 radical (unpaired) electrons. The fourth-order valence-electron chi connectivity index (χ4n) is 0.157. The lowest BCUT2D eigenvalue weighted by Crippen LogP contribution is -2.02. The van der Waals surface area contributed by atoms with Crippen LogP contribution in [-0.4, -0.2) is 18.3 Å². The second-order valence-corrected chi connectivity index (χ2v) is 1.37. The highest BCUT2D eigenvalue weighted by Crippen LogP contribution is 1.69. The van der Waals surface area contributed by atoms with Crippen molar-refractivity contribution in [3.05, 3.63) is 37.5 Å². The molecule has 0 amide bonds. The van der Waals surface area contributed by atoms with Gasteiger partial charge in [0.05, 0.1) is 6.61 Å². The summed E-state index contributed by atoms with van der Waals surface area (Å²) in [6, 6.07) is 0. The fourth-order valence-corrected chi connectivity index (χ4v) is 0.157. The van der Waals surface area contributed by atoms with Crippen LogP contribution in [0, 0.1) is 0 Å². The molecule has 0 aromatic carbocycles. The van der Waals surface area contributed by atoms with Gasteiger partial charge in [0.2, 0.25) is 0 Å². The van der Waals surface area contributed by atoms with E-state index in [0.29, 0.717) is 6.54 Å². The van der Waals surface area contributed by atoms with Gasteiger partial charge in [0.1, 0.15) is 0 Å². The number of allylic oxidation sites excluding steroid dienone is 4. The molecule has 0 saturated carbocycles. The van der Waals surface area contributed by atoms with Gasteiger partial charge >= 0.3 is 0 Å². The van der Waals surface area contributed by atoms with Crippen molar-refractivity contribution in [2.24, 2.45) is 5.73 Å². The molecule has 0 fully saturated rings. The first-order valence-corrected chi connectivity index (χ1v) is 3.04. The monoisotopic (exact) mass is 141 g/mol. The number of hydrogen-bond acceptors (Lipinski definition) is 2. The van der Waals surface area contributed by atoms with E-state index in [9.17, 15) is 0 Å². The van der Waals surface area contributed by atoms with Gasteiger partial charge in [-0.25, -0.2) is 0 Å². The van der Waals surface area contributed by atoms with Crippen LogP contribution >= 0.6 is 0 Å². The Labute approximate surface area is 62.4 Å². The van der Waals surface area contributed by atoms with E-state index < -0.39 is 0 Å². The molecule has 2 heteroatoms. The maximum atomic E-state index is 7.75. The van der Waals surface area contributed by atoms with E-state index in [1.807, 2.05) is 12.2 Å². The zero-order valence-electron chi connectivity index (χ0n) is 6.16. The van der Waals surface area contributed by atoms with Gasteiger partial charge in [-0.3, -0.25) is 0 Å². The SMILES string of the molecule is C=C/C=C\C=C.NCCO. The molecule has 0 rings (SSSR count). The van der Waals surface area contributed by atoms with Crippen molar-refractivity contribution in [2.45, 2.75) is 0 Å². The molecule has 58 valence electrons. The van der Waals surface area contributed by atoms with Crippen LogP contribution in [-0.2, 0) is 0 Å². The predicted octanol–water partition coefficient (Wildman–Crippen LogP) is 0.852. The average Bonchev–Trinajstić information content (AvgIpc) is 2.01. The summed E-state index contributed by atoms with van der Waals surface area (Å²) in [5.74, 6) is 0. The van der Waals surface area contributed by atoms with E-state index in [1.54, 1.807) is 12.2 Å². The van der Waals surface area contributed by atoms with E-state index in [1.165, 1.54) is 0 Å². The first kappa shape index (κ1) is 11.9. The summed E-state index contributed by atoms with van der Waals surface area (Å²) in [7, 11) is 0. The molecule has 0 aliphatic carbocycles. The Kier molecular flexibility index (Phi) is 18.7. The van der Waals surface area contributed by atoms with Crippen molar-refractivity contribution in [1.82, 2.24) is 0 Å². The Morgan fingerprint density at radius 1 is 1.20 bits per heavy atom. The second kappa shape index (κ2) is 15.7. The Morgan fingerprint density at radius 3 is 1.60 bits per heavy atom. The molecule has 0 heterocycles. The summed E-state index contributed by atoms with van der Waals surface area (Å²) in [6.07, 6.45) is 7.07. The van der Waals surface area contributed by atoms with Crippen LogP contribution in [0.25, 0.3) is 0 Å². The van der Waals surface area contributed by atoms with Gasteiger partial charge in [-0.05, 0) is 0 Å². The van der Waals surface area contributed by atoms with Crippen molar-refractivity contribution in [3.63, 3.8) is 0 Å². The fraction of sp³-hybridized carbons (Fsp3) is 0.250. The Hall–Kier alpha value is -0.860. The third-order valence-corrected chi connectivity index (χ3v) is 0.512. The summed E-state index contributed by atoms with van der Waals surface area (Å²) < 4.78 is 0. The largest absolute Gasteiger partial charge is 0.395 e. The van der Waals surface area contributed by atoms with E-state index in [0.717, 1.165) is 0 Å². The van der Waals surface area contributed by atoms with Crippen LogP contribution in [0.3, 0.4) is 0 Å². The number of rotatable bonds is 3. The molecule has 0 aliphatic heterocycles. The molecule has 0 aliphatic rings. The van der Waals surface area contributed by atoms with Gasteiger partial charge in [-0.1, -0.05) is 37.5 Å². The van der Waals surface area contributed by atoms with Gasteiger partial charge in [-0.2, -0.15) is 0 Å². The molecule has 10 heavy (non-hydrogen) atoms. The summed E-state index contributed by atoms with van der Waals surface area (Å²) in [6.45, 7) is 7.40. The minimum Gasteiger partial charge on any atom is -0.395 e. The van der Waals surface area contributed by atoms with Crippen LogP contribution in [0.15, 0.2) is 37.5 Å². The Morgan fingerprint density at radius 2 is 1.50 bits per heavy atom. The van der Waals surface area contributed by atoms with Gasteiger partial charge < -0.3 is 10.8 Å². The Bertz CT molecular complexity index is 85.4. The average molecular weight is 141 g/mol. The predicted molar refractivity (Wildman–Crippen MR) is 45.7 cm³/mol. The lowest BCUT2D eigenvalue weighted by Gasteiger charge is -1.71. The first-order valence-electron chi connectivity index (χ1n) is 3.04. The summed E-state index contributed by atoms with van der Waals surface area (Å²) in [5.41, 5.74) is 4.78. The van der Waals surface area contributed by atoms with E-state index in [4.69, 9.17) is 10.8 Å².